The summed E-state index contributed by atoms with van der Waals surface area (Å²) >= 11 is 1.67. The Bertz CT molecular complexity index is 549. The van der Waals surface area contributed by atoms with Gasteiger partial charge in [0.2, 0.25) is 0 Å². The van der Waals surface area contributed by atoms with Crippen molar-refractivity contribution in [2.45, 2.75) is 32.7 Å². The van der Waals surface area contributed by atoms with Gasteiger partial charge in [-0.1, -0.05) is 26.0 Å². The van der Waals surface area contributed by atoms with Crippen molar-refractivity contribution in [1.29, 1.82) is 0 Å². The molecule has 0 aliphatic carbocycles. The zero-order valence-corrected chi connectivity index (χ0v) is 15.5. The predicted octanol–water partition coefficient (Wildman–Crippen LogP) is 4.81. The van der Waals surface area contributed by atoms with Gasteiger partial charge in [0.25, 0.3) is 0 Å². The molecule has 1 aromatic carbocycles. The molecule has 114 valence electrons. The van der Waals surface area contributed by atoms with Crippen LogP contribution in [0.5, 0.6) is 0 Å². The molecular weight excluding hydrogens is 393 g/mol. The lowest BCUT2D eigenvalue weighted by Gasteiger charge is -2.10. The lowest BCUT2D eigenvalue weighted by Crippen LogP contribution is -2.22. The van der Waals surface area contributed by atoms with Crippen molar-refractivity contribution in [3.8, 4) is 0 Å². The van der Waals surface area contributed by atoms with Crippen LogP contribution in [0.15, 0.2) is 46.1 Å². The predicted molar refractivity (Wildman–Crippen MR) is 104 cm³/mol. The van der Waals surface area contributed by atoms with Gasteiger partial charge in [-0.2, -0.15) is 11.3 Å². The van der Waals surface area contributed by atoms with Gasteiger partial charge in [0.05, 0.1) is 6.54 Å². The number of nitrogens with two attached hydrogens (primary N) is 1. The monoisotopic (exact) mass is 415 g/mol. The molecule has 5 heteroatoms. The number of hydrogen-bond acceptors (Lipinski definition) is 2. The second-order valence-electron chi connectivity index (χ2n) is 4.89. The van der Waals surface area contributed by atoms with E-state index in [-0.39, 0.29) is 24.0 Å². The lowest BCUT2D eigenvalue weighted by molar-refractivity contribution is 0.734. The van der Waals surface area contributed by atoms with E-state index in [4.69, 9.17) is 5.73 Å². The van der Waals surface area contributed by atoms with Crippen LogP contribution in [0.3, 0.4) is 0 Å². The molecule has 0 aliphatic rings. The van der Waals surface area contributed by atoms with Crippen molar-refractivity contribution in [1.82, 2.24) is 0 Å². The first-order valence-corrected chi connectivity index (χ1v) is 7.81. The molecule has 3 nitrogen and oxygen atoms in total. The SMILES string of the molecule is CCC(C)c1ccc(NC(N)=NCc2ccsc2)cc1.I. The minimum atomic E-state index is 0. The van der Waals surface area contributed by atoms with Crippen LogP contribution in [0.2, 0.25) is 0 Å². The van der Waals surface area contributed by atoms with Gasteiger partial charge in [0, 0.05) is 5.69 Å². The van der Waals surface area contributed by atoms with Gasteiger partial charge >= 0.3 is 0 Å². The highest BCUT2D eigenvalue weighted by Crippen LogP contribution is 2.20. The number of anilines is 1. The number of aliphatic imine (C=N–C) groups is 1. The smallest absolute Gasteiger partial charge is 0.193 e. The maximum atomic E-state index is 5.89. The molecule has 2 rings (SSSR count). The van der Waals surface area contributed by atoms with Crippen molar-refractivity contribution < 1.29 is 0 Å². The van der Waals surface area contributed by atoms with E-state index in [0.29, 0.717) is 18.4 Å². The Balaban J connectivity index is 0.00000220. The van der Waals surface area contributed by atoms with Crippen molar-refractivity contribution >= 4 is 47.0 Å². The molecule has 0 fully saturated rings. The van der Waals surface area contributed by atoms with Crippen molar-refractivity contribution in [2.24, 2.45) is 10.7 Å². The van der Waals surface area contributed by atoms with Crippen LogP contribution in [0.4, 0.5) is 5.69 Å². The third-order valence-electron chi connectivity index (χ3n) is 3.38. The number of rotatable bonds is 5. The van der Waals surface area contributed by atoms with Crippen LogP contribution in [0.25, 0.3) is 0 Å². The van der Waals surface area contributed by atoms with Crippen LogP contribution in [0.1, 0.15) is 37.3 Å². The summed E-state index contributed by atoms with van der Waals surface area (Å²) in [5, 5.41) is 7.24. The fourth-order valence-electron chi connectivity index (χ4n) is 1.88. The third-order valence-corrected chi connectivity index (χ3v) is 4.11. The summed E-state index contributed by atoms with van der Waals surface area (Å²) in [7, 11) is 0. The quantitative estimate of drug-likeness (QED) is 0.419. The molecule has 1 atom stereocenters. The summed E-state index contributed by atoms with van der Waals surface area (Å²) in [5.41, 5.74) is 9.40. The number of guanidine groups is 1. The Morgan fingerprint density at radius 3 is 2.57 bits per heavy atom. The number of thiophene rings is 1. The summed E-state index contributed by atoms with van der Waals surface area (Å²) in [5.74, 6) is 1.04. The van der Waals surface area contributed by atoms with Crippen LogP contribution >= 0.6 is 35.3 Å². The summed E-state index contributed by atoms with van der Waals surface area (Å²) in [6.07, 6.45) is 1.15. The Labute approximate surface area is 147 Å². The number of nitrogens with zero attached hydrogens (tertiary/aromatic N) is 1. The molecule has 0 aliphatic heterocycles. The van der Waals surface area contributed by atoms with Crippen molar-refractivity contribution in [3.63, 3.8) is 0 Å². The molecule has 1 aromatic heterocycles. The van der Waals surface area contributed by atoms with E-state index in [1.165, 1.54) is 11.1 Å². The molecule has 0 amide bonds. The summed E-state index contributed by atoms with van der Waals surface area (Å²) in [6, 6.07) is 10.4. The van der Waals surface area contributed by atoms with Crippen LogP contribution < -0.4 is 11.1 Å². The van der Waals surface area contributed by atoms with Gasteiger partial charge < -0.3 is 11.1 Å². The van der Waals surface area contributed by atoms with E-state index in [0.717, 1.165) is 12.1 Å². The van der Waals surface area contributed by atoms with Crippen molar-refractivity contribution in [3.05, 3.63) is 52.2 Å². The number of hydrogen-bond donors (Lipinski definition) is 2. The van der Waals surface area contributed by atoms with Gasteiger partial charge in [-0.05, 0) is 52.4 Å². The molecule has 21 heavy (non-hydrogen) atoms. The normalized spacial score (nSPS) is 12.6. The first-order valence-electron chi connectivity index (χ1n) is 6.87. The summed E-state index contributed by atoms with van der Waals surface area (Å²) in [4.78, 5) is 4.33. The van der Waals surface area contributed by atoms with E-state index < -0.39 is 0 Å². The molecule has 0 saturated heterocycles. The molecular formula is C16H22IN3S. The molecule has 0 bridgehead atoms. The lowest BCUT2D eigenvalue weighted by atomic mass is 9.99. The van der Waals surface area contributed by atoms with Crippen molar-refractivity contribution in [2.75, 3.05) is 5.32 Å². The van der Waals surface area contributed by atoms with E-state index >= 15 is 0 Å². The van der Waals surface area contributed by atoms with Gasteiger partial charge in [-0.25, -0.2) is 4.99 Å². The van der Waals surface area contributed by atoms with Crippen LogP contribution in [-0.4, -0.2) is 5.96 Å². The second-order valence-corrected chi connectivity index (χ2v) is 5.67. The molecule has 1 heterocycles. The average Bonchev–Trinajstić information content (AvgIpc) is 2.98. The first-order chi connectivity index (χ1) is 9.69. The zero-order valence-electron chi connectivity index (χ0n) is 12.4. The topological polar surface area (TPSA) is 50.4 Å². The van der Waals surface area contributed by atoms with E-state index in [2.05, 4.69) is 59.9 Å². The van der Waals surface area contributed by atoms with E-state index in [1.54, 1.807) is 11.3 Å². The van der Waals surface area contributed by atoms with E-state index in [9.17, 15) is 0 Å². The summed E-state index contributed by atoms with van der Waals surface area (Å²) in [6.45, 7) is 5.05. The fourth-order valence-corrected chi connectivity index (χ4v) is 2.54. The minimum Gasteiger partial charge on any atom is -0.370 e. The number of halogens is 1. The third kappa shape index (κ3) is 5.67. The van der Waals surface area contributed by atoms with Gasteiger partial charge in [-0.3, -0.25) is 0 Å². The van der Waals surface area contributed by atoms with Gasteiger partial charge in [0.1, 0.15) is 0 Å². The maximum absolute atomic E-state index is 5.89. The Kier molecular flexibility index (Phi) is 7.74. The Hall–Kier alpha value is -1.08. The molecule has 1 unspecified atom stereocenters. The second kappa shape index (κ2) is 9.04. The molecule has 2 aromatic rings. The first kappa shape index (κ1) is 18.0. The Morgan fingerprint density at radius 2 is 2.00 bits per heavy atom. The number of nitrogens with one attached hydrogen (secondary N) is 1. The standard InChI is InChI=1S/C16H21N3S.HI/c1-3-12(2)14-4-6-15(7-5-14)19-16(17)18-10-13-8-9-20-11-13;/h4-9,11-12H,3,10H2,1-2H3,(H3,17,18,19);1H. The van der Waals surface area contributed by atoms with Crippen LogP contribution in [0, 0.1) is 0 Å². The average molecular weight is 415 g/mol. The molecule has 0 saturated carbocycles. The Morgan fingerprint density at radius 1 is 1.29 bits per heavy atom. The minimum absolute atomic E-state index is 0. The molecule has 0 spiro atoms. The summed E-state index contributed by atoms with van der Waals surface area (Å²) < 4.78 is 0. The highest BCUT2D eigenvalue weighted by Gasteiger charge is 2.02. The van der Waals surface area contributed by atoms with E-state index in [1.807, 2.05) is 5.38 Å². The molecule has 3 N–H and O–H groups in total. The largest absolute Gasteiger partial charge is 0.370 e. The molecule has 0 radical (unpaired) electrons. The number of benzene rings is 1. The zero-order chi connectivity index (χ0) is 14.4. The maximum Gasteiger partial charge on any atom is 0.193 e. The van der Waals surface area contributed by atoms with Crippen LogP contribution in [-0.2, 0) is 6.54 Å². The highest BCUT2D eigenvalue weighted by molar-refractivity contribution is 14.0. The fraction of sp³-hybridized carbons (Fsp3) is 0.312. The van der Waals surface area contributed by atoms with Gasteiger partial charge in [-0.15, -0.1) is 24.0 Å². The highest BCUT2D eigenvalue weighted by atomic mass is 127. The van der Waals surface area contributed by atoms with Gasteiger partial charge in [0.15, 0.2) is 5.96 Å².